The maximum atomic E-state index is 12.6. The first-order valence-corrected chi connectivity index (χ1v) is 8.55. The summed E-state index contributed by atoms with van der Waals surface area (Å²) in [7, 11) is 1.68. The molecule has 2 unspecified atom stereocenters. The summed E-state index contributed by atoms with van der Waals surface area (Å²) in [4.78, 5) is 26.9. The second-order valence-corrected chi connectivity index (χ2v) is 7.24. The highest BCUT2D eigenvalue weighted by atomic mass is 32.1. The van der Waals surface area contributed by atoms with Crippen molar-refractivity contribution in [1.29, 1.82) is 0 Å². The topological polar surface area (TPSA) is 69.6 Å². The number of carbonyl (C=O) groups is 2. The molecule has 1 aliphatic carbocycles. The number of nitrogens with one attached hydrogen (secondary N) is 1. The second-order valence-electron chi connectivity index (χ2n) is 6.30. The standard InChI is InChI=1S/C16H24N2O3S/c1-10(2)14(17-15(20)13-5-4-8-22-13)16(21)18(3)9-12(19)11-6-7-11/h4-5,8,10-12,14,19H,6-7,9H2,1-3H3,(H,17,20). The van der Waals surface area contributed by atoms with Gasteiger partial charge in [0.2, 0.25) is 5.91 Å². The predicted molar refractivity (Wildman–Crippen MR) is 86.8 cm³/mol. The van der Waals surface area contributed by atoms with Gasteiger partial charge in [-0.3, -0.25) is 9.59 Å². The van der Waals surface area contributed by atoms with Crippen molar-refractivity contribution in [3.05, 3.63) is 22.4 Å². The van der Waals surface area contributed by atoms with Gasteiger partial charge in [-0.2, -0.15) is 0 Å². The first-order valence-electron chi connectivity index (χ1n) is 7.67. The normalized spacial score (nSPS) is 17.1. The third-order valence-corrected chi connectivity index (χ3v) is 4.84. The van der Waals surface area contributed by atoms with E-state index in [0.29, 0.717) is 17.3 Å². The number of likely N-dealkylation sites (N-methyl/N-ethyl adjacent to an activating group) is 1. The van der Waals surface area contributed by atoms with Crippen molar-refractivity contribution < 1.29 is 14.7 Å². The molecule has 5 nitrogen and oxygen atoms in total. The van der Waals surface area contributed by atoms with Crippen LogP contribution in [-0.2, 0) is 4.79 Å². The van der Waals surface area contributed by atoms with E-state index in [0.717, 1.165) is 12.8 Å². The Morgan fingerprint density at radius 2 is 2.14 bits per heavy atom. The van der Waals surface area contributed by atoms with Gasteiger partial charge in [-0.1, -0.05) is 19.9 Å². The molecular weight excluding hydrogens is 300 g/mol. The van der Waals surface area contributed by atoms with Gasteiger partial charge in [-0.25, -0.2) is 0 Å². The van der Waals surface area contributed by atoms with Crippen molar-refractivity contribution >= 4 is 23.2 Å². The summed E-state index contributed by atoms with van der Waals surface area (Å²) >= 11 is 1.35. The van der Waals surface area contributed by atoms with Gasteiger partial charge in [0.15, 0.2) is 0 Å². The van der Waals surface area contributed by atoms with Crippen LogP contribution >= 0.6 is 11.3 Å². The van der Waals surface area contributed by atoms with Gasteiger partial charge in [0.25, 0.3) is 5.91 Å². The predicted octanol–water partition coefficient (Wildman–Crippen LogP) is 1.73. The third-order valence-electron chi connectivity index (χ3n) is 3.97. The van der Waals surface area contributed by atoms with Crippen molar-refractivity contribution in [3.8, 4) is 0 Å². The number of aliphatic hydroxyl groups is 1. The molecule has 1 saturated carbocycles. The monoisotopic (exact) mass is 324 g/mol. The minimum Gasteiger partial charge on any atom is -0.391 e. The molecule has 1 aliphatic rings. The van der Waals surface area contributed by atoms with Crippen LogP contribution in [0.3, 0.4) is 0 Å². The van der Waals surface area contributed by atoms with Crippen LogP contribution < -0.4 is 5.32 Å². The molecule has 2 rings (SSSR count). The van der Waals surface area contributed by atoms with Crippen LogP contribution in [0.25, 0.3) is 0 Å². The van der Waals surface area contributed by atoms with Gasteiger partial charge >= 0.3 is 0 Å². The number of carbonyl (C=O) groups excluding carboxylic acids is 2. The third kappa shape index (κ3) is 4.30. The summed E-state index contributed by atoms with van der Waals surface area (Å²) in [6.45, 7) is 4.13. The quantitative estimate of drug-likeness (QED) is 0.802. The van der Waals surface area contributed by atoms with Gasteiger partial charge in [0.05, 0.1) is 11.0 Å². The number of amides is 2. The molecule has 2 atom stereocenters. The van der Waals surface area contributed by atoms with Gasteiger partial charge in [0, 0.05) is 13.6 Å². The molecule has 2 N–H and O–H groups in total. The average molecular weight is 324 g/mol. The molecule has 22 heavy (non-hydrogen) atoms. The van der Waals surface area contributed by atoms with Crippen LogP contribution in [0.5, 0.6) is 0 Å². The van der Waals surface area contributed by atoms with E-state index < -0.39 is 12.1 Å². The molecule has 1 aromatic heterocycles. The van der Waals surface area contributed by atoms with Crippen LogP contribution in [0.1, 0.15) is 36.4 Å². The molecule has 0 bridgehead atoms. The van der Waals surface area contributed by atoms with Crippen LogP contribution in [0, 0.1) is 11.8 Å². The maximum absolute atomic E-state index is 12.6. The lowest BCUT2D eigenvalue weighted by molar-refractivity contribution is -0.134. The van der Waals surface area contributed by atoms with Gasteiger partial charge in [-0.15, -0.1) is 11.3 Å². The second kappa shape index (κ2) is 7.24. The summed E-state index contributed by atoms with van der Waals surface area (Å²) < 4.78 is 0. The number of aliphatic hydroxyl groups excluding tert-OH is 1. The zero-order valence-corrected chi connectivity index (χ0v) is 14.1. The summed E-state index contributed by atoms with van der Waals surface area (Å²) in [5.74, 6) is -0.0665. The van der Waals surface area contributed by atoms with E-state index in [1.807, 2.05) is 25.3 Å². The van der Waals surface area contributed by atoms with E-state index in [4.69, 9.17) is 0 Å². The molecule has 0 radical (unpaired) electrons. The summed E-state index contributed by atoms with van der Waals surface area (Å²) in [6.07, 6.45) is 1.60. The molecule has 2 amide bonds. The molecule has 0 saturated heterocycles. The van der Waals surface area contributed by atoms with Crippen molar-refractivity contribution in [2.24, 2.45) is 11.8 Å². The number of nitrogens with zero attached hydrogens (tertiary/aromatic N) is 1. The number of hydrogen-bond donors (Lipinski definition) is 2. The van der Waals surface area contributed by atoms with Crippen molar-refractivity contribution in [2.45, 2.75) is 38.8 Å². The largest absolute Gasteiger partial charge is 0.391 e. The van der Waals surface area contributed by atoms with E-state index >= 15 is 0 Å². The lowest BCUT2D eigenvalue weighted by Gasteiger charge is -2.28. The fraction of sp³-hybridized carbons (Fsp3) is 0.625. The average Bonchev–Trinajstić information content (AvgIpc) is 3.18. The molecule has 0 aliphatic heterocycles. The first-order chi connectivity index (χ1) is 10.4. The van der Waals surface area contributed by atoms with Crippen molar-refractivity contribution in [3.63, 3.8) is 0 Å². The van der Waals surface area contributed by atoms with E-state index in [9.17, 15) is 14.7 Å². The molecule has 122 valence electrons. The van der Waals surface area contributed by atoms with Crippen molar-refractivity contribution in [2.75, 3.05) is 13.6 Å². The maximum Gasteiger partial charge on any atom is 0.262 e. The fourth-order valence-corrected chi connectivity index (χ4v) is 3.00. The molecule has 0 aromatic carbocycles. The Labute approximate surface area is 135 Å². The zero-order chi connectivity index (χ0) is 16.3. The molecular formula is C16H24N2O3S. The molecule has 1 fully saturated rings. The summed E-state index contributed by atoms with van der Waals surface area (Å²) in [5.41, 5.74) is 0. The Morgan fingerprint density at radius 3 is 2.64 bits per heavy atom. The van der Waals surface area contributed by atoms with E-state index in [1.165, 1.54) is 16.2 Å². The summed E-state index contributed by atoms with van der Waals surface area (Å²) in [5, 5.41) is 14.6. The van der Waals surface area contributed by atoms with Crippen LogP contribution in [-0.4, -0.2) is 47.6 Å². The molecule has 1 aromatic rings. The lowest BCUT2D eigenvalue weighted by atomic mass is 10.0. The smallest absolute Gasteiger partial charge is 0.262 e. The number of thiophene rings is 1. The zero-order valence-electron chi connectivity index (χ0n) is 13.3. The molecule has 6 heteroatoms. The van der Waals surface area contributed by atoms with Gasteiger partial charge < -0.3 is 15.3 Å². The van der Waals surface area contributed by atoms with Crippen LogP contribution in [0.4, 0.5) is 0 Å². The number of hydrogen-bond acceptors (Lipinski definition) is 4. The highest BCUT2D eigenvalue weighted by Crippen LogP contribution is 2.32. The lowest BCUT2D eigenvalue weighted by Crippen LogP contribution is -2.51. The van der Waals surface area contributed by atoms with E-state index in [1.54, 1.807) is 13.1 Å². The minimum atomic E-state index is -0.578. The molecule has 1 heterocycles. The van der Waals surface area contributed by atoms with E-state index in [2.05, 4.69) is 5.32 Å². The Kier molecular flexibility index (Phi) is 5.58. The minimum absolute atomic E-state index is 0.0167. The van der Waals surface area contributed by atoms with Crippen LogP contribution in [0.2, 0.25) is 0 Å². The Hall–Kier alpha value is -1.40. The Balaban J connectivity index is 1.96. The van der Waals surface area contributed by atoms with Crippen molar-refractivity contribution in [1.82, 2.24) is 10.2 Å². The van der Waals surface area contributed by atoms with Gasteiger partial charge in [-0.05, 0) is 36.1 Å². The van der Waals surface area contributed by atoms with Gasteiger partial charge in [0.1, 0.15) is 6.04 Å². The highest BCUT2D eigenvalue weighted by molar-refractivity contribution is 7.12. The fourth-order valence-electron chi connectivity index (χ4n) is 2.37. The SMILES string of the molecule is CC(C)C(NC(=O)c1cccs1)C(=O)N(C)CC(O)C1CC1. The van der Waals surface area contributed by atoms with E-state index in [-0.39, 0.29) is 17.7 Å². The molecule has 0 spiro atoms. The Bertz CT molecular complexity index is 511. The van der Waals surface area contributed by atoms with Crippen LogP contribution in [0.15, 0.2) is 17.5 Å². The summed E-state index contributed by atoms with van der Waals surface area (Å²) in [6, 6.07) is 2.97. The first kappa shape index (κ1) is 17.0. The Morgan fingerprint density at radius 1 is 1.45 bits per heavy atom. The highest BCUT2D eigenvalue weighted by Gasteiger charge is 2.33. The number of rotatable bonds is 7.